The Morgan fingerprint density at radius 1 is 1.20 bits per heavy atom. The lowest BCUT2D eigenvalue weighted by Gasteiger charge is -2.08. The van der Waals surface area contributed by atoms with E-state index in [4.69, 9.17) is 9.15 Å². The van der Waals surface area contributed by atoms with Gasteiger partial charge in [0, 0.05) is 16.8 Å². The second-order valence-corrected chi connectivity index (χ2v) is 9.51. The van der Waals surface area contributed by atoms with Crippen LogP contribution in [-0.4, -0.2) is 32.2 Å². The molecule has 9 heteroatoms. The van der Waals surface area contributed by atoms with E-state index in [0.29, 0.717) is 27.9 Å². The van der Waals surface area contributed by atoms with Crippen molar-refractivity contribution in [3.8, 4) is 17.2 Å². The Hall–Kier alpha value is -3.17. The maximum Gasteiger partial charge on any atom is 0.258 e. The van der Waals surface area contributed by atoms with Crippen molar-refractivity contribution in [2.75, 3.05) is 18.2 Å². The number of nitrogens with one attached hydrogen (secondary N) is 1. The number of carbonyl (C=O) groups excluding carboxylic acids is 1. The number of methoxy groups -OCH3 is 1. The van der Waals surface area contributed by atoms with Gasteiger partial charge in [-0.25, -0.2) is 13.4 Å². The van der Waals surface area contributed by atoms with Crippen molar-refractivity contribution in [1.82, 2.24) is 4.98 Å². The molecule has 0 atom stereocenters. The van der Waals surface area contributed by atoms with Crippen molar-refractivity contribution < 1.29 is 22.4 Å². The van der Waals surface area contributed by atoms with Crippen molar-refractivity contribution in [3.05, 3.63) is 59.5 Å². The van der Waals surface area contributed by atoms with E-state index in [2.05, 4.69) is 10.3 Å². The number of sulfone groups is 1. The molecule has 1 amide bonds. The van der Waals surface area contributed by atoms with E-state index >= 15 is 0 Å². The van der Waals surface area contributed by atoms with Crippen molar-refractivity contribution in [2.45, 2.75) is 11.8 Å². The molecule has 0 fully saturated rings. The van der Waals surface area contributed by atoms with Crippen LogP contribution in [0.3, 0.4) is 0 Å². The van der Waals surface area contributed by atoms with Gasteiger partial charge in [-0.1, -0.05) is 19.1 Å². The van der Waals surface area contributed by atoms with E-state index in [0.717, 1.165) is 5.39 Å². The van der Waals surface area contributed by atoms with Crippen LogP contribution >= 0.6 is 11.3 Å². The van der Waals surface area contributed by atoms with Gasteiger partial charge in [-0.3, -0.25) is 10.1 Å². The Balaban J connectivity index is 1.59. The summed E-state index contributed by atoms with van der Waals surface area (Å²) in [7, 11) is -1.94. The average Bonchev–Trinajstić information content (AvgIpc) is 3.39. The molecule has 2 aromatic heterocycles. The van der Waals surface area contributed by atoms with Crippen LogP contribution in [-0.2, 0) is 9.84 Å². The molecule has 0 aliphatic carbocycles. The predicted molar refractivity (Wildman–Crippen MR) is 116 cm³/mol. The maximum atomic E-state index is 12.7. The van der Waals surface area contributed by atoms with Crippen LogP contribution in [0.4, 0.5) is 5.13 Å². The standard InChI is InChI=1S/C21H18N2O5S2/c1-3-30(25,26)19-7-5-4-6-15(19)20(24)23-21-22-16(12-29-21)18-10-13-8-9-14(27-2)11-17(13)28-18/h4-12H,3H2,1-2H3,(H,22,23,24). The molecule has 0 aliphatic heterocycles. The van der Waals surface area contributed by atoms with E-state index < -0.39 is 15.7 Å². The van der Waals surface area contributed by atoms with Gasteiger partial charge in [0.05, 0.1) is 23.3 Å². The molecule has 0 radical (unpaired) electrons. The van der Waals surface area contributed by atoms with Crippen molar-refractivity contribution in [1.29, 1.82) is 0 Å². The van der Waals surface area contributed by atoms with Crippen LogP contribution in [0.2, 0.25) is 0 Å². The molecule has 0 saturated heterocycles. The molecule has 154 valence electrons. The van der Waals surface area contributed by atoms with Gasteiger partial charge in [-0.15, -0.1) is 11.3 Å². The number of furan rings is 1. The predicted octanol–water partition coefficient (Wildman–Crippen LogP) is 4.61. The van der Waals surface area contributed by atoms with Gasteiger partial charge < -0.3 is 9.15 Å². The fourth-order valence-corrected chi connectivity index (χ4v) is 4.74. The number of benzene rings is 2. The van der Waals surface area contributed by atoms with Gasteiger partial charge in [0.25, 0.3) is 5.91 Å². The number of carbonyl (C=O) groups is 1. The first kappa shape index (κ1) is 20.1. The molecule has 2 heterocycles. The summed E-state index contributed by atoms with van der Waals surface area (Å²) < 4.78 is 35.6. The molecule has 4 aromatic rings. The summed E-state index contributed by atoms with van der Waals surface area (Å²) in [5.41, 5.74) is 1.33. The van der Waals surface area contributed by atoms with E-state index in [1.54, 1.807) is 37.6 Å². The Kier molecular flexibility index (Phi) is 5.31. The molecule has 0 aliphatic rings. The lowest BCUT2D eigenvalue weighted by molar-refractivity contribution is 0.102. The molecule has 0 bridgehead atoms. The Labute approximate surface area is 177 Å². The first-order valence-corrected chi connectivity index (χ1v) is 11.6. The molecule has 1 N–H and O–H groups in total. The summed E-state index contributed by atoms with van der Waals surface area (Å²) in [5.74, 6) is 0.632. The van der Waals surface area contributed by atoms with Crippen molar-refractivity contribution in [3.63, 3.8) is 0 Å². The minimum atomic E-state index is -3.53. The molecule has 0 spiro atoms. The third kappa shape index (κ3) is 3.81. The minimum Gasteiger partial charge on any atom is -0.497 e. The average molecular weight is 443 g/mol. The molecule has 4 rings (SSSR count). The van der Waals surface area contributed by atoms with Gasteiger partial charge in [-0.05, 0) is 30.3 Å². The topological polar surface area (TPSA) is 98.5 Å². The SMILES string of the molecule is CCS(=O)(=O)c1ccccc1C(=O)Nc1nc(-c2cc3ccc(OC)cc3o2)cs1. The van der Waals surface area contributed by atoms with Gasteiger partial charge in [0.1, 0.15) is 17.0 Å². The highest BCUT2D eigenvalue weighted by Gasteiger charge is 2.21. The van der Waals surface area contributed by atoms with E-state index in [9.17, 15) is 13.2 Å². The highest BCUT2D eigenvalue weighted by Crippen LogP contribution is 2.32. The summed E-state index contributed by atoms with van der Waals surface area (Å²) >= 11 is 1.23. The Morgan fingerprint density at radius 3 is 2.77 bits per heavy atom. The second kappa shape index (κ2) is 7.92. The molecule has 0 saturated carbocycles. The third-order valence-corrected chi connectivity index (χ3v) is 7.10. The van der Waals surface area contributed by atoms with Crippen molar-refractivity contribution in [2.24, 2.45) is 0 Å². The van der Waals surface area contributed by atoms with Crippen LogP contribution in [0, 0.1) is 0 Å². The zero-order valence-electron chi connectivity index (χ0n) is 16.2. The maximum absolute atomic E-state index is 12.7. The summed E-state index contributed by atoms with van der Waals surface area (Å²) in [5, 5.41) is 5.69. The number of nitrogens with zero attached hydrogens (tertiary/aromatic N) is 1. The lowest BCUT2D eigenvalue weighted by atomic mass is 10.2. The largest absolute Gasteiger partial charge is 0.497 e. The summed E-state index contributed by atoms with van der Waals surface area (Å²) in [4.78, 5) is 17.1. The zero-order chi connectivity index (χ0) is 21.3. The summed E-state index contributed by atoms with van der Waals surface area (Å²) in [6.07, 6.45) is 0. The molecular formula is C21H18N2O5S2. The Bertz CT molecular complexity index is 1340. The van der Waals surface area contributed by atoms with E-state index in [1.807, 2.05) is 18.2 Å². The molecule has 30 heavy (non-hydrogen) atoms. The number of anilines is 1. The molecule has 2 aromatic carbocycles. The first-order chi connectivity index (χ1) is 14.4. The minimum absolute atomic E-state index is 0.00742. The molecule has 7 nitrogen and oxygen atoms in total. The van der Waals surface area contributed by atoms with Crippen molar-refractivity contribution >= 4 is 43.2 Å². The van der Waals surface area contributed by atoms with Gasteiger partial charge in [0.2, 0.25) is 0 Å². The first-order valence-electron chi connectivity index (χ1n) is 9.08. The van der Waals surface area contributed by atoms with Gasteiger partial charge >= 0.3 is 0 Å². The van der Waals surface area contributed by atoms with E-state index in [1.165, 1.54) is 23.5 Å². The van der Waals surface area contributed by atoms with Crippen LogP contribution in [0.5, 0.6) is 5.75 Å². The second-order valence-electron chi connectivity index (χ2n) is 6.41. The third-order valence-electron chi connectivity index (χ3n) is 4.55. The number of hydrogen-bond acceptors (Lipinski definition) is 7. The monoisotopic (exact) mass is 442 g/mol. The van der Waals surface area contributed by atoms with Crippen LogP contribution in [0.1, 0.15) is 17.3 Å². The van der Waals surface area contributed by atoms with E-state index in [-0.39, 0.29) is 16.2 Å². The highest BCUT2D eigenvalue weighted by molar-refractivity contribution is 7.91. The zero-order valence-corrected chi connectivity index (χ0v) is 17.8. The van der Waals surface area contributed by atoms with Gasteiger partial charge in [0.15, 0.2) is 20.7 Å². The Morgan fingerprint density at radius 2 is 2.00 bits per heavy atom. The lowest BCUT2D eigenvalue weighted by Crippen LogP contribution is -2.17. The van der Waals surface area contributed by atoms with Crippen LogP contribution in [0.25, 0.3) is 22.4 Å². The fourth-order valence-electron chi connectivity index (χ4n) is 2.95. The molecular weight excluding hydrogens is 424 g/mol. The summed E-state index contributed by atoms with van der Waals surface area (Å²) in [6.45, 7) is 1.54. The fraction of sp³-hybridized carbons (Fsp3) is 0.143. The van der Waals surface area contributed by atoms with Crippen LogP contribution in [0.15, 0.2) is 63.2 Å². The van der Waals surface area contributed by atoms with Gasteiger partial charge in [-0.2, -0.15) is 0 Å². The highest BCUT2D eigenvalue weighted by atomic mass is 32.2. The number of fused-ring (bicyclic) bond motifs is 1. The number of hydrogen-bond donors (Lipinski definition) is 1. The summed E-state index contributed by atoms with van der Waals surface area (Å²) in [6, 6.07) is 13.5. The number of aromatic nitrogens is 1. The smallest absolute Gasteiger partial charge is 0.258 e. The normalized spacial score (nSPS) is 11.5. The number of thiazole rings is 1. The quantitative estimate of drug-likeness (QED) is 0.468. The number of rotatable bonds is 6. The molecule has 0 unspecified atom stereocenters. The number of amides is 1. The van der Waals surface area contributed by atoms with Crippen LogP contribution < -0.4 is 10.1 Å². The number of ether oxygens (including phenoxy) is 1.